The number of ether oxygens (including phenoxy) is 2. The normalized spacial score (nSPS) is 18.5. The number of alkyl halides is 3. The molecular formula is C33H29F4N5O5. The number of pyridine rings is 1. The van der Waals surface area contributed by atoms with Crippen LogP contribution in [0.2, 0.25) is 0 Å². The monoisotopic (exact) mass is 651 g/mol. The van der Waals surface area contributed by atoms with Crippen molar-refractivity contribution < 1.29 is 41.7 Å². The fourth-order valence-corrected chi connectivity index (χ4v) is 5.12. The van der Waals surface area contributed by atoms with Crippen molar-refractivity contribution >= 4 is 11.8 Å². The molecule has 14 heteroatoms. The standard InChI is InChI=1S/C33H29F4N5O5/c1-17-13-40-24(14-39-17)22-10-5-19(11-25(22)47-21-8-9-21)29(43)41-15-32(45,33(35,36)37)26-12-23-28(46-16-31(23,2)30(38)44)27(42-26)18-3-6-20(34)7-4-18/h3-7,10-14,21,45H,8-9,15-16H2,1-2H3,(H2,38,44)(H,41,43)/t31-,32?/m0/s1. The number of nitrogens with zero attached hydrogens (tertiary/aromatic N) is 3. The van der Waals surface area contributed by atoms with Crippen LogP contribution in [0.5, 0.6) is 11.5 Å². The predicted octanol–water partition coefficient (Wildman–Crippen LogP) is 4.51. The van der Waals surface area contributed by atoms with Crippen LogP contribution in [-0.4, -0.2) is 57.3 Å². The summed E-state index contributed by atoms with van der Waals surface area (Å²) in [7, 11) is 0. The minimum Gasteiger partial charge on any atom is -0.490 e. The third kappa shape index (κ3) is 5.96. The highest BCUT2D eigenvalue weighted by molar-refractivity contribution is 5.95. The minimum atomic E-state index is -5.36. The highest BCUT2D eigenvalue weighted by Crippen LogP contribution is 2.47. The van der Waals surface area contributed by atoms with Gasteiger partial charge in [0.25, 0.3) is 5.91 Å². The maximum atomic E-state index is 14.8. The van der Waals surface area contributed by atoms with E-state index in [2.05, 4.69) is 20.3 Å². The second kappa shape index (κ2) is 11.6. The first-order valence-corrected chi connectivity index (χ1v) is 14.6. The number of primary amides is 1. The van der Waals surface area contributed by atoms with Gasteiger partial charge >= 0.3 is 6.18 Å². The number of carbonyl (C=O) groups excluding carboxylic acids is 2. The number of aromatic nitrogens is 3. The molecular weight excluding hydrogens is 622 g/mol. The quantitative estimate of drug-likeness (QED) is 0.224. The number of halogens is 4. The summed E-state index contributed by atoms with van der Waals surface area (Å²) in [4.78, 5) is 38.4. The molecule has 2 aromatic carbocycles. The molecule has 1 fully saturated rings. The number of aryl methyl sites for hydroxylation is 1. The number of nitrogens with one attached hydrogen (secondary N) is 1. The molecule has 0 spiro atoms. The lowest BCUT2D eigenvalue weighted by atomic mass is 9.81. The smallest absolute Gasteiger partial charge is 0.424 e. The van der Waals surface area contributed by atoms with Crippen molar-refractivity contribution in [3.63, 3.8) is 0 Å². The van der Waals surface area contributed by atoms with E-state index in [4.69, 9.17) is 15.2 Å². The number of benzene rings is 2. The number of fused-ring (bicyclic) bond motifs is 1. The Hall–Kier alpha value is -5.11. The molecule has 1 aliphatic heterocycles. The van der Waals surface area contributed by atoms with Gasteiger partial charge in [-0.1, -0.05) is 0 Å². The number of rotatable bonds is 9. The van der Waals surface area contributed by atoms with Crippen molar-refractivity contribution in [1.82, 2.24) is 20.3 Å². The molecule has 1 saturated carbocycles. The van der Waals surface area contributed by atoms with E-state index in [1.54, 1.807) is 25.4 Å². The van der Waals surface area contributed by atoms with E-state index in [1.807, 2.05) is 0 Å². The molecule has 6 rings (SSSR count). The molecule has 47 heavy (non-hydrogen) atoms. The Morgan fingerprint density at radius 2 is 1.83 bits per heavy atom. The van der Waals surface area contributed by atoms with Crippen LogP contribution in [0, 0.1) is 12.7 Å². The average molecular weight is 652 g/mol. The molecule has 0 bridgehead atoms. The van der Waals surface area contributed by atoms with Crippen molar-refractivity contribution in [3.8, 4) is 34.0 Å². The Morgan fingerprint density at radius 1 is 1.11 bits per heavy atom. The van der Waals surface area contributed by atoms with E-state index in [0.29, 0.717) is 22.7 Å². The molecule has 2 amide bonds. The average Bonchev–Trinajstić information content (AvgIpc) is 3.79. The third-order valence-electron chi connectivity index (χ3n) is 8.25. The molecule has 0 radical (unpaired) electrons. The minimum absolute atomic E-state index is 0.0300. The number of nitrogens with two attached hydrogens (primary N) is 1. The Morgan fingerprint density at radius 3 is 2.45 bits per heavy atom. The molecule has 1 unspecified atom stereocenters. The van der Waals surface area contributed by atoms with Crippen LogP contribution in [-0.2, 0) is 15.8 Å². The number of aliphatic hydroxyl groups is 1. The van der Waals surface area contributed by atoms with Gasteiger partial charge in [0.05, 0.1) is 35.9 Å². The zero-order valence-electron chi connectivity index (χ0n) is 25.2. The number of hydrogen-bond acceptors (Lipinski definition) is 8. The summed E-state index contributed by atoms with van der Waals surface area (Å²) < 4.78 is 69.7. The lowest BCUT2D eigenvalue weighted by Gasteiger charge is -2.31. The summed E-state index contributed by atoms with van der Waals surface area (Å²) in [5, 5.41) is 13.5. The van der Waals surface area contributed by atoms with Crippen LogP contribution in [0.1, 0.15) is 47.1 Å². The Balaban J connectivity index is 1.36. The molecule has 4 N–H and O–H groups in total. The van der Waals surface area contributed by atoms with Gasteiger partial charge in [-0.3, -0.25) is 19.6 Å². The molecule has 10 nitrogen and oxygen atoms in total. The molecule has 0 saturated heterocycles. The van der Waals surface area contributed by atoms with Gasteiger partial charge in [-0.15, -0.1) is 0 Å². The number of amides is 2. The summed E-state index contributed by atoms with van der Waals surface area (Å²) in [5.41, 5.74) is 1.02. The zero-order chi connectivity index (χ0) is 33.7. The van der Waals surface area contributed by atoms with Gasteiger partial charge in [0.15, 0.2) is 0 Å². The molecule has 2 aromatic heterocycles. The molecule has 244 valence electrons. The van der Waals surface area contributed by atoms with Crippen molar-refractivity contribution in [2.24, 2.45) is 5.73 Å². The summed E-state index contributed by atoms with van der Waals surface area (Å²) in [6, 6.07) is 9.95. The summed E-state index contributed by atoms with van der Waals surface area (Å²) in [5.74, 6) is -2.15. The highest BCUT2D eigenvalue weighted by atomic mass is 19.4. The maximum absolute atomic E-state index is 14.8. The van der Waals surface area contributed by atoms with E-state index in [1.165, 1.54) is 31.2 Å². The van der Waals surface area contributed by atoms with E-state index in [9.17, 15) is 32.3 Å². The fraction of sp³-hybridized carbons (Fsp3) is 0.303. The zero-order valence-corrected chi connectivity index (χ0v) is 25.2. The summed E-state index contributed by atoms with van der Waals surface area (Å²) in [6.07, 6.45) is -0.702. The van der Waals surface area contributed by atoms with Gasteiger partial charge < -0.3 is 25.6 Å². The van der Waals surface area contributed by atoms with E-state index >= 15 is 0 Å². The highest BCUT2D eigenvalue weighted by Gasteiger charge is 2.57. The van der Waals surface area contributed by atoms with Gasteiger partial charge in [-0.2, -0.15) is 13.2 Å². The molecule has 1 aliphatic carbocycles. The molecule has 2 aliphatic rings. The summed E-state index contributed by atoms with van der Waals surface area (Å²) in [6.45, 7) is 1.52. The Bertz CT molecular complexity index is 1870. The predicted molar refractivity (Wildman–Crippen MR) is 160 cm³/mol. The molecule has 4 aromatic rings. The van der Waals surface area contributed by atoms with Crippen molar-refractivity contribution in [2.75, 3.05) is 13.2 Å². The van der Waals surface area contributed by atoms with Crippen LogP contribution in [0.25, 0.3) is 22.5 Å². The van der Waals surface area contributed by atoms with Crippen molar-refractivity contribution in [3.05, 3.63) is 89.3 Å². The first-order valence-electron chi connectivity index (χ1n) is 14.6. The number of carbonyl (C=O) groups is 2. The Kier molecular flexibility index (Phi) is 7.86. The van der Waals surface area contributed by atoms with E-state index < -0.39 is 47.1 Å². The van der Waals surface area contributed by atoms with Gasteiger partial charge in [-0.25, -0.2) is 9.37 Å². The lowest BCUT2D eigenvalue weighted by Crippen LogP contribution is -2.51. The van der Waals surface area contributed by atoms with Crippen LogP contribution in [0.15, 0.2) is 60.9 Å². The van der Waals surface area contributed by atoms with Gasteiger partial charge in [0.2, 0.25) is 11.5 Å². The summed E-state index contributed by atoms with van der Waals surface area (Å²) >= 11 is 0. The SMILES string of the molecule is Cc1cnc(-c2ccc(C(=O)NCC(O)(c3cc4c(c(-c5ccc(F)cc5)n3)OC[C@]4(C)C(N)=O)C(F)(F)F)cc2OC2CC2)cn1. The third-order valence-corrected chi connectivity index (χ3v) is 8.25. The first kappa shape index (κ1) is 31.9. The Labute approximate surface area is 266 Å². The maximum Gasteiger partial charge on any atom is 0.424 e. The van der Waals surface area contributed by atoms with Crippen molar-refractivity contribution in [1.29, 1.82) is 0 Å². The van der Waals surface area contributed by atoms with Gasteiger partial charge in [0, 0.05) is 28.5 Å². The molecule has 2 atom stereocenters. The molecule has 3 heterocycles. The van der Waals surface area contributed by atoms with Crippen LogP contribution in [0.3, 0.4) is 0 Å². The van der Waals surface area contributed by atoms with Crippen LogP contribution >= 0.6 is 0 Å². The first-order chi connectivity index (χ1) is 22.2. The largest absolute Gasteiger partial charge is 0.490 e. The van der Waals surface area contributed by atoms with Gasteiger partial charge in [-0.05, 0) is 75.2 Å². The van der Waals surface area contributed by atoms with Crippen LogP contribution in [0.4, 0.5) is 17.6 Å². The topological polar surface area (TPSA) is 150 Å². The van der Waals surface area contributed by atoms with Gasteiger partial charge in [0.1, 0.15) is 35.0 Å². The lowest BCUT2D eigenvalue weighted by molar-refractivity contribution is -0.265. The van der Waals surface area contributed by atoms with Crippen LogP contribution < -0.4 is 20.5 Å². The van der Waals surface area contributed by atoms with Crippen molar-refractivity contribution in [2.45, 2.75) is 50.0 Å². The number of hydrogen-bond donors (Lipinski definition) is 3. The second-order valence-electron chi connectivity index (χ2n) is 11.8. The van der Waals surface area contributed by atoms with E-state index in [0.717, 1.165) is 31.0 Å². The van der Waals surface area contributed by atoms with E-state index in [-0.39, 0.29) is 40.8 Å². The fourth-order valence-electron chi connectivity index (χ4n) is 5.12. The second-order valence-corrected chi connectivity index (χ2v) is 11.8.